The number of hydrogen-bond donors (Lipinski definition) is 2. The lowest BCUT2D eigenvalue weighted by Gasteiger charge is -2.18. The molecule has 0 saturated heterocycles. The van der Waals surface area contributed by atoms with E-state index >= 15 is 0 Å². The molecule has 20 heavy (non-hydrogen) atoms. The van der Waals surface area contributed by atoms with Gasteiger partial charge in [0.1, 0.15) is 5.75 Å². The molecule has 0 aliphatic carbocycles. The Kier molecular flexibility index (Phi) is 5.83. The molecular weight excluding hydrogens is 258 g/mol. The minimum Gasteiger partial charge on any atom is -0.497 e. The first-order valence-corrected chi connectivity index (χ1v) is 6.45. The van der Waals surface area contributed by atoms with Crippen molar-refractivity contribution in [1.82, 2.24) is 10.2 Å². The van der Waals surface area contributed by atoms with Crippen LogP contribution in [0.2, 0.25) is 0 Å². The summed E-state index contributed by atoms with van der Waals surface area (Å²) < 4.78 is 5.07. The molecule has 1 rings (SSSR count). The fraction of sp³-hybridized carbons (Fsp3) is 0.429. The van der Waals surface area contributed by atoms with Gasteiger partial charge in [0.2, 0.25) is 5.91 Å². The van der Waals surface area contributed by atoms with Gasteiger partial charge in [0.05, 0.1) is 19.2 Å². The number of carbonyl (C=O) groups excluding carboxylic acids is 2. The van der Waals surface area contributed by atoms with Crippen molar-refractivity contribution < 1.29 is 14.3 Å². The second kappa shape index (κ2) is 7.37. The van der Waals surface area contributed by atoms with E-state index in [4.69, 9.17) is 10.5 Å². The third-order valence-electron chi connectivity index (χ3n) is 2.79. The molecule has 2 amide bonds. The van der Waals surface area contributed by atoms with Crippen LogP contribution >= 0.6 is 0 Å². The van der Waals surface area contributed by atoms with E-state index in [0.29, 0.717) is 23.5 Å². The smallest absolute Gasteiger partial charge is 0.256 e. The Balaban J connectivity index is 2.76. The van der Waals surface area contributed by atoms with E-state index in [-0.39, 0.29) is 18.4 Å². The van der Waals surface area contributed by atoms with Crippen LogP contribution in [0.5, 0.6) is 5.75 Å². The largest absolute Gasteiger partial charge is 0.497 e. The predicted molar refractivity (Wildman–Crippen MR) is 77.7 cm³/mol. The average Bonchev–Trinajstić information content (AvgIpc) is 2.44. The molecule has 0 fully saturated rings. The predicted octanol–water partition coefficient (Wildman–Crippen LogP) is 0.876. The number of carbonyl (C=O) groups is 2. The second-order valence-corrected chi connectivity index (χ2v) is 4.46. The van der Waals surface area contributed by atoms with Gasteiger partial charge in [-0.25, -0.2) is 0 Å². The van der Waals surface area contributed by atoms with Crippen molar-refractivity contribution in [1.29, 1.82) is 0 Å². The van der Waals surface area contributed by atoms with Gasteiger partial charge < -0.3 is 20.7 Å². The summed E-state index contributed by atoms with van der Waals surface area (Å²) in [7, 11) is 3.08. The molecule has 0 aliphatic heterocycles. The molecule has 6 heteroatoms. The van der Waals surface area contributed by atoms with Gasteiger partial charge in [-0.2, -0.15) is 0 Å². The molecule has 1 aromatic carbocycles. The second-order valence-electron chi connectivity index (χ2n) is 4.46. The zero-order valence-electron chi connectivity index (χ0n) is 12.1. The quantitative estimate of drug-likeness (QED) is 0.757. The molecule has 6 nitrogen and oxygen atoms in total. The minimum absolute atomic E-state index is 0.00448. The topological polar surface area (TPSA) is 84.7 Å². The number of hydrogen-bond acceptors (Lipinski definition) is 4. The van der Waals surface area contributed by atoms with Crippen LogP contribution in [-0.2, 0) is 4.79 Å². The Labute approximate surface area is 118 Å². The monoisotopic (exact) mass is 279 g/mol. The number of anilines is 1. The lowest BCUT2D eigenvalue weighted by atomic mass is 10.1. The number of nitrogens with zero attached hydrogens (tertiary/aromatic N) is 1. The SMILES string of the molecule is CCCNC(=O)CN(C)C(=O)c1cc(OC)ccc1N. The summed E-state index contributed by atoms with van der Waals surface area (Å²) in [6, 6.07) is 4.86. The Bertz CT molecular complexity index is 489. The molecule has 0 saturated carbocycles. The number of nitrogen functional groups attached to an aromatic ring is 1. The van der Waals surface area contributed by atoms with Gasteiger partial charge in [0.25, 0.3) is 5.91 Å². The van der Waals surface area contributed by atoms with Crippen LogP contribution < -0.4 is 15.8 Å². The maximum absolute atomic E-state index is 12.3. The molecule has 0 aromatic heterocycles. The number of rotatable bonds is 6. The van der Waals surface area contributed by atoms with E-state index in [1.807, 2.05) is 6.92 Å². The lowest BCUT2D eigenvalue weighted by molar-refractivity contribution is -0.121. The van der Waals surface area contributed by atoms with Crippen LogP contribution in [0.15, 0.2) is 18.2 Å². The highest BCUT2D eigenvalue weighted by Crippen LogP contribution is 2.20. The highest BCUT2D eigenvalue weighted by molar-refractivity contribution is 6.00. The first-order valence-electron chi connectivity index (χ1n) is 6.45. The number of likely N-dealkylation sites (N-methyl/N-ethyl adjacent to an activating group) is 1. The van der Waals surface area contributed by atoms with Gasteiger partial charge in [-0.15, -0.1) is 0 Å². The molecule has 1 aromatic rings. The van der Waals surface area contributed by atoms with Crippen LogP contribution in [0.25, 0.3) is 0 Å². The Morgan fingerprint density at radius 2 is 2.10 bits per heavy atom. The summed E-state index contributed by atoms with van der Waals surface area (Å²) in [6.07, 6.45) is 0.853. The number of ether oxygens (including phenoxy) is 1. The van der Waals surface area contributed by atoms with Gasteiger partial charge in [0.15, 0.2) is 0 Å². The first-order chi connectivity index (χ1) is 9.49. The summed E-state index contributed by atoms with van der Waals surface area (Å²) >= 11 is 0. The van der Waals surface area contributed by atoms with Crippen LogP contribution in [0.3, 0.4) is 0 Å². The first kappa shape index (κ1) is 15.8. The number of nitrogens with two attached hydrogens (primary N) is 1. The van der Waals surface area contributed by atoms with Crippen LogP contribution in [0.1, 0.15) is 23.7 Å². The molecule has 0 heterocycles. The van der Waals surface area contributed by atoms with Gasteiger partial charge in [-0.1, -0.05) is 6.92 Å². The molecule has 0 aliphatic rings. The highest BCUT2D eigenvalue weighted by atomic mass is 16.5. The van der Waals surface area contributed by atoms with Gasteiger partial charge in [0, 0.05) is 19.3 Å². The minimum atomic E-state index is -0.312. The van der Waals surface area contributed by atoms with Crippen LogP contribution in [-0.4, -0.2) is 44.0 Å². The molecular formula is C14H21N3O3. The number of nitrogens with one attached hydrogen (secondary N) is 1. The van der Waals surface area contributed by atoms with E-state index in [0.717, 1.165) is 6.42 Å². The van der Waals surface area contributed by atoms with Crippen molar-refractivity contribution in [3.8, 4) is 5.75 Å². The van der Waals surface area contributed by atoms with Crippen molar-refractivity contribution in [3.05, 3.63) is 23.8 Å². The standard InChI is InChI=1S/C14H21N3O3/c1-4-7-16-13(18)9-17(2)14(19)11-8-10(20-3)5-6-12(11)15/h5-6,8H,4,7,9,15H2,1-3H3,(H,16,18). The summed E-state index contributed by atoms with van der Waals surface area (Å²) in [5.41, 5.74) is 6.48. The van der Waals surface area contributed by atoms with Crippen LogP contribution in [0, 0.1) is 0 Å². The van der Waals surface area contributed by atoms with E-state index < -0.39 is 0 Å². The van der Waals surface area contributed by atoms with Crippen molar-refractivity contribution in [2.45, 2.75) is 13.3 Å². The molecule has 0 unspecified atom stereocenters. The lowest BCUT2D eigenvalue weighted by Crippen LogP contribution is -2.38. The summed E-state index contributed by atoms with van der Waals surface area (Å²) in [5, 5.41) is 2.72. The summed E-state index contributed by atoms with van der Waals surface area (Å²) in [4.78, 5) is 25.2. The molecule has 3 N–H and O–H groups in total. The molecule has 0 radical (unpaired) electrons. The van der Waals surface area contributed by atoms with Gasteiger partial charge in [-0.3, -0.25) is 9.59 Å². The summed E-state index contributed by atoms with van der Waals surface area (Å²) in [6.45, 7) is 2.56. The Hall–Kier alpha value is -2.24. The Morgan fingerprint density at radius 1 is 1.40 bits per heavy atom. The van der Waals surface area contributed by atoms with E-state index in [2.05, 4.69) is 5.32 Å². The average molecular weight is 279 g/mol. The highest BCUT2D eigenvalue weighted by Gasteiger charge is 2.17. The normalized spacial score (nSPS) is 9.95. The molecule has 110 valence electrons. The third-order valence-corrected chi connectivity index (χ3v) is 2.79. The zero-order chi connectivity index (χ0) is 15.1. The maximum Gasteiger partial charge on any atom is 0.256 e. The van der Waals surface area contributed by atoms with Crippen molar-refractivity contribution in [2.75, 3.05) is 33.0 Å². The number of benzene rings is 1. The van der Waals surface area contributed by atoms with Gasteiger partial charge >= 0.3 is 0 Å². The number of amides is 2. The molecule has 0 spiro atoms. The van der Waals surface area contributed by atoms with Gasteiger partial charge in [-0.05, 0) is 24.6 Å². The molecule has 0 atom stereocenters. The van der Waals surface area contributed by atoms with E-state index in [9.17, 15) is 9.59 Å². The summed E-state index contributed by atoms with van der Waals surface area (Å²) in [5.74, 6) is 0.0450. The van der Waals surface area contributed by atoms with Crippen molar-refractivity contribution in [2.24, 2.45) is 0 Å². The molecule has 0 bridgehead atoms. The van der Waals surface area contributed by atoms with Crippen molar-refractivity contribution >= 4 is 17.5 Å². The van der Waals surface area contributed by atoms with E-state index in [1.54, 1.807) is 25.2 Å². The Morgan fingerprint density at radius 3 is 2.70 bits per heavy atom. The fourth-order valence-electron chi connectivity index (χ4n) is 1.66. The third kappa shape index (κ3) is 4.15. The maximum atomic E-state index is 12.3. The van der Waals surface area contributed by atoms with Crippen LogP contribution in [0.4, 0.5) is 5.69 Å². The zero-order valence-corrected chi connectivity index (χ0v) is 12.1. The fourth-order valence-corrected chi connectivity index (χ4v) is 1.66. The van der Waals surface area contributed by atoms with Crippen molar-refractivity contribution in [3.63, 3.8) is 0 Å². The van der Waals surface area contributed by atoms with E-state index in [1.165, 1.54) is 12.0 Å². The number of methoxy groups -OCH3 is 1.